The third-order valence-electron chi connectivity index (χ3n) is 11.3. The number of anilines is 3. The molecule has 0 atom stereocenters. The van der Waals surface area contributed by atoms with Gasteiger partial charge < -0.3 is 9.30 Å². The van der Waals surface area contributed by atoms with Gasteiger partial charge in [0.2, 0.25) is 0 Å². The van der Waals surface area contributed by atoms with Gasteiger partial charge in [0, 0.05) is 64.2 Å². The van der Waals surface area contributed by atoms with Gasteiger partial charge in [0.05, 0.1) is 16.6 Å². The maximum absolute atomic E-state index is 2.52. The Kier molecular flexibility index (Phi) is 5.96. The second-order valence-electron chi connectivity index (χ2n) is 14.1. The molecular weight excluding hydrogens is 661 g/mol. The van der Waals surface area contributed by atoms with E-state index in [1.165, 1.54) is 90.9 Å². The van der Waals surface area contributed by atoms with Crippen LogP contribution in [0, 0.1) is 0 Å². The molecule has 53 heavy (non-hydrogen) atoms. The van der Waals surface area contributed by atoms with Crippen LogP contribution in [0.15, 0.2) is 182 Å². The molecule has 3 heterocycles. The van der Waals surface area contributed by atoms with E-state index < -0.39 is 0 Å². The first-order valence-electron chi connectivity index (χ1n) is 18.2. The van der Waals surface area contributed by atoms with E-state index in [9.17, 15) is 0 Å². The number of rotatable bonds is 4. The van der Waals surface area contributed by atoms with Gasteiger partial charge in [0.25, 0.3) is 0 Å². The van der Waals surface area contributed by atoms with Crippen molar-refractivity contribution >= 4 is 108 Å². The second kappa shape index (κ2) is 10.9. The summed E-state index contributed by atoms with van der Waals surface area (Å²) in [5.41, 5.74) is 9.74. The molecule has 0 bridgehead atoms. The fraction of sp³-hybridized carbons (Fsp3) is 0. The Morgan fingerprint density at radius 3 is 1.87 bits per heavy atom. The number of hydrogen-bond donors (Lipinski definition) is 0. The van der Waals surface area contributed by atoms with Gasteiger partial charge in [-0.15, -0.1) is 11.3 Å². The van der Waals surface area contributed by atoms with Crippen LogP contribution in [0.1, 0.15) is 0 Å². The molecule has 9 aromatic carbocycles. The lowest BCUT2D eigenvalue weighted by molar-refractivity contribution is 1.29. The minimum absolute atomic E-state index is 1.13. The number of aromatic nitrogens is 1. The summed E-state index contributed by atoms with van der Waals surface area (Å²) in [5.74, 6) is 0. The molecule has 3 heteroatoms. The molecule has 0 radical (unpaired) electrons. The Morgan fingerprint density at radius 1 is 0.340 bits per heavy atom. The number of thiophene rings is 1. The summed E-state index contributed by atoms with van der Waals surface area (Å²) in [7, 11) is 0. The van der Waals surface area contributed by atoms with E-state index in [1.807, 2.05) is 11.3 Å². The summed E-state index contributed by atoms with van der Waals surface area (Å²) in [5, 5.41) is 13.0. The highest BCUT2D eigenvalue weighted by atomic mass is 32.1. The maximum atomic E-state index is 2.52. The van der Waals surface area contributed by atoms with E-state index in [2.05, 4.69) is 191 Å². The average molecular weight is 691 g/mol. The van der Waals surface area contributed by atoms with Gasteiger partial charge in [0.1, 0.15) is 0 Å². The molecule has 0 spiro atoms. The first-order valence-corrected chi connectivity index (χ1v) is 19.0. The normalized spacial score (nSPS) is 12.2. The highest BCUT2D eigenvalue weighted by Crippen LogP contribution is 2.45. The van der Waals surface area contributed by atoms with Crippen LogP contribution in [0.4, 0.5) is 17.1 Å². The standard InChI is InChI=1S/C50H30N2S/c1-2-11-36(12-3-1)51(38-24-19-31-9-4-5-10-33(31)27-38)37-22-17-32(18-23-37)34-21-26-47-44(28-34)45-30-43-35(29-48(45)53-47)20-25-42-41-15-8-14-40-39-13-6-7-16-46(39)52(49(40)41)50(42)43/h1-30H. The van der Waals surface area contributed by atoms with Gasteiger partial charge in [0.15, 0.2) is 0 Å². The first-order chi connectivity index (χ1) is 26.3. The van der Waals surface area contributed by atoms with Crippen LogP contribution in [0.3, 0.4) is 0 Å². The molecule has 12 aromatic rings. The van der Waals surface area contributed by atoms with Crippen molar-refractivity contribution < 1.29 is 0 Å². The summed E-state index contributed by atoms with van der Waals surface area (Å²) in [4.78, 5) is 2.34. The van der Waals surface area contributed by atoms with Gasteiger partial charge in [-0.05, 0) is 94.0 Å². The van der Waals surface area contributed by atoms with E-state index >= 15 is 0 Å². The topological polar surface area (TPSA) is 7.65 Å². The van der Waals surface area contributed by atoms with Crippen LogP contribution in [0.2, 0.25) is 0 Å². The molecule has 0 aliphatic rings. The molecule has 0 aliphatic carbocycles. The number of para-hydroxylation sites is 3. The monoisotopic (exact) mass is 690 g/mol. The number of fused-ring (bicyclic) bond motifs is 12. The molecule has 12 rings (SSSR count). The molecule has 0 fully saturated rings. The lowest BCUT2D eigenvalue weighted by Crippen LogP contribution is -2.09. The summed E-state index contributed by atoms with van der Waals surface area (Å²) in [6.45, 7) is 0. The van der Waals surface area contributed by atoms with Gasteiger partial charge >= 0.3 is 0 Å². The van der Waals surface area contributed by atoms with Crippen LogP contribution in [-0.4, -0.2) is 4.40 Å². The minimum atomic E-state index is 1.13. The maximum Gasteiger partial charge on any atom is 0.0620 e. The highest BCUT2D eigenvalue weighted by Gasteiger charge is 2.20. The quantitative estimate of drug-likeness (QED) is 0.178. The van der Waals surface area contributed by atoms with Gasteiger partial charge in [-0.25, -0.2) is 0 Å². The molecule has 3 aromatic heterocycles. The van der Waals surface area contributed by atoms with E-state index in [-0.39, 0.29) is 0 Å². The smallest absolute Gasteiger partial charge is 0.0620 e. The lowest BCUT2D eigenvalue weighted by Gasteiger charge is -2.26. The molecule has 0 saturated heterocycles. The lowest BCUT2D eigenvalue weighted by atomic mass is 9.99. The van der Waals surface area contributed by atoms with Crippen molar-refractivity contribution in [3.8, 4) is 11.1 Å². The van der Waals surface area contributed by atoms with Gasteiger partial charge in [-0.1, -0.05) is 115 Å². The highest BCUT2D eigenvalue weighted by molar-refractivity contribution is 7.25. The van der Waals surface area contributed by atoms with Crippen molar-refractivity contribution in [2.24, 2.45) is 0 Å². The third-order valence-corrected chi connectivity index (χ3v) is 12.4. The molecule has 2 nitrogen and oxygen atoms in total. The summed E-state index contributed by atoms with van der Waals surface area (Å²) >= 11 is 1.89. The first kappa shape index (κ1) is 29.0. The molecule has 246 valence electrons. The zero-order valence-electron chi connectivity index (χ0n) is 28.6. The Hall–Kier alpha value is -6.68. The largest absolute Gasteiger partial charge is 0.310 e. The van der Waals surface area contributed by atoms with Gasteiger partial charge in [-0.2, -0.15) is 0 Å². The third kappa shape index (κ3) is 4.20. The molecule has 0 saturated carbocycles. The van der Waals surface area contributed by atoms with Crippen LogP contribution < -0.4 is 4.90 Å². The molecule has 0 unspecified atom stereocenters. The Balaban J connectivity index is 1.01. The molecule has 0 N–H and O–H groups in total. The van der Waals surface area contributed by atoms with Crippen LogP contribution in [0.5, 0.6) is 0 Å². The predicted molar refractivity (Wildman–Crippen MR) is 229 cm³/mol. The van der Waals surface area contributed by atoms with Crippen molar-refractivity contribution in [1.29, 1.82) is 0 Å². The number of hydrogen-bond acceptors (Lipinski definition) is 2. The van der Waals surface area contributed by atoms with Crippen LogP contribution >= 0.6 is 11.3 Å². The zero-order chi connectivity index (χ0) is 34.6. The predicted octanol–water partition coefficient (Wildman–Crippen LogP) is 14.6. The fourth-order valence-corrected chi connectivity index (χ4v) is 9.94. The van der Waals surface area contributed by atoms with Gasteiger partial charge in [-0.3, -0.25) is 0 Å². The fourth-order valence-electron chi connectivity index (χ4n) is 8.83. The van der Waals surface area contributed by atoms with Crippen LogP contribution in [-0.2, 0) is 0 Å². The molecule has 0 amide bonds. The Morgan fingerprint density at radius 2 is 0.981 bits per heavy atom. The Labute approximate surface area is 309 Å². The van der Waals surface area contributed by atoms with Crippen LogP contribution in [0.25, 0.3) is 90.9 Å². The van der Waals surface area contributed by atoms with E-state index in [0.29, 0.717) is 0 Å². The summed E-state index contributed by atoms with van der Waals surface area (Å²) in [6, 6.07) is 67.1. The number of nitrogens with zero attached hydrogens (tertiary/aromatic N) is 2. The summed E-state index contributed by atoms with van der Waals surface area (Å²) in [6.07, 6.45) is 0. The Bertz CT molecular complexity index is 3390. The second-order valence-corrected chi connectivity index (χ2v) is 15.2. The van der Waals surface area contributed by atoms with Crippen molar-refractivity contribution in [3.05, 3.63) is 182 Å². The number of benzene rings is 9. The van der Waals surface area contributed by atoms with Crippen molar-refractivity contribution in [1.82, 2.24) is 4.40 Å². The van der Waals surface area contributed by atoms with E-state index in [0.717, 1.165) is 17.1 Å². The molecule has 0 aliphatic heterocycles. The molecular formula is C50H30N2S. The summed E-state index contributed by atoms with van der Waals surface area (Å²) < 4.78 is 5.16. The van der Waals surface area contributed by atoms with E-state index in [4.69, 9.17) is 0 Å². The van der Waals surface area contributed by atoms with Crippen molar-refractivity contribution in [3.63, 3.8) is 0 Å². The van der Waals surface area contributed by atoms with Crippen molar-refractivity contribution in [2.75, 3.05) is 4.90 Å². The van der Waals surface area contributed by atoms with Crippen molar-refractivity contribution in [2.45, 2.75) is 0 Å². The van der Waals surface area contributed by atoms with E-state index in [1.54, 1.807) is 0 Å². The minimum Gasteiger partial charge on any atom is -0.310 e. The average Bonchev–Trinajstić information content (AvgIpc) is 3.87. The SMILES string of the molecule is c1ccc(N(c2ccc(-c3ccc4sc5cc6ccc7c8cccc9c%10ccccc%10n(c7c6cc5c4c3)c98)cc2)c2ccc3ccccc3c2)cc1. The zero-order valence-corrected chi connectivity index (χ0v) is 29.4.